The molecule has 0 aliphatic heterocycles. The number of ether oxygens (including phenoxy) is 3. The first-order valence-electron chi connectivity index (χ1n) is 9.97. The Kier molecular flexibility index (Phi) is 8.99. The quantitative estimate of drug-likeness (QED) is 0.252. The zero-order valence-corrected chi connectivity index (χ0v) is 19.5. The minimum absolute atomic E-state index is 0.0975. The van der Waals surface area contributed by atoms with Crippen molar-refractivity contribution in [3.8, 4) is 0 Å². The minimum Gasteiger partial charge on any atom is -0.466 e. The van der Waals surface area contributed by atoms with Gasteiger partial charge in [-0.05, 0) is 21.5 Å². The zero-order valence-electron chi connectivity index (χ0n) is 18.5. The highest BCUT2D eigenvalue weighted by Gasteiger charge is 2.50. The zero-order chi connectivity index (χ0) is 22.0. The summed E-state index contributed by atoms with van der Waals surface area (Å²) in [4.78, 5) is 11.6. The second-order valence-corrected chi connectivity index (χ2v) is 12.3. The van der Waals surface area contributed by atoms with E-state index in [2.05, 4.69) is 45.0 Å². The number of rotatable bonds is 10. The van der Waals surface area contributed by atoms with E-state index in [0.717, 1.165) is 0 Å². The summed E-state index contributed by atoms with van der Waals surface area (Å²) in [6.45, 7) is 7.03. The first-order valence-corrected chi connectivity index (χ1v) is 11.9. The fourth-order valence-corrected chi connectivity index (χ4v) is 8.11. The average Bonchev–Trinajstić information content (AvgIpc) is 2.75. The van der Waals surface area contributed by atoms with Crippen LogP contribution in [0, 0.1) is 0 Å². The Morgan fingerprint density at radius 3 is 1.93 bits per heavy atom. The molecule has 0 fully saturated rings. The van der Waals surface area contributed by atoms with E-state index in [0.29, 0.717) is 0 Å². The van der Waals surface area contributed by atoms with Gasteiger partial charge >= 0.3 is 5.97 Å². The molecule has 0 aliphatic rings. The van der Waals surface area contributed by atoms with Crippen molar-refractivity contribution in [2.24, 2.45) is 0 Å². The number of hydrogen-bond donors (Lipinski definition) is 0. The van der Waals surface area contributed by atoms with Crippen LogP contribution in [0.1, 0.15) is 20.8 Å². The van der Waals surface area contributed by atoms with Gasteiger partial charge in [-0.15, -0.1) is 0 Å². The molecule has 0 unspecified atom stereocenters. The second kappa shape index (κ2) is 11.2. The Morgan fingerprint density at radius 1 is 0.967 bits per heavy atom. The van der Waals surface area contributed by atoms with E-state index in [1.807, 2.05) is 36.4 Å². The van der Waals surface area contributed by atoms with Crippen LogP contribution in [-0.4, -0.2) is 48.0 Å². The number of esters is 1. The van der Waals surface area contributed by atoms with Crippen molar-refractivity contribution in [3.05, 3.63) is 72.8 Å². The summed E-state index contributed by atoms with van der Waals surface area (Å²) in [5, 5.41) is 2.23. The lowest BCUT2D eigenvalue weighted by Crippen LogP contribution is -2.67. The van der Waals surface area contributed by atoms with Crippen LogP contribution in [0.3, 0.4) is 0 Å². The molecule has 0 saturated heterocycles. The summed E-state index contributed by atoms with van der Waals surface area (Å²) in [5.74, 6) is -0.438. The maximum absolute atomic E-state index is 11.6. The number of hydrogen-bond acceptors (Lipinski definition) is 5. The summed E-state index contributed by atoms with van der Waals surface area (Å²) in [7, 11) is 0.217. The lowest BCUT2D eigenvalue weighted by Gasteiger charge is -2.43. The molecule has 2 aromatic rings. The van der Waals surface area contributed by atoms with Gasteiger partial charge in [0.1, 0.15) is 12.9 Å². The van der Waals surface area contributed by atoms with Crippen LogP contribution in [0.25, 0.3) is 0 Å². The predicted molar refractivity (Wildman–Crippen MR) is 121 cm³/mol. The molecule has 30 heavy (non-hydrogen) atoms. The fourth-order valence-electron chi connectivity index (χ4n) is 3.54. The van der Waals surface area contributed by atoms with E-state index in [-0.39, 0.29) is 18.4 Å². The van der Waals surface area contributed by atoms with Crippen molar-refractivity contribution in [1.82, 2.24) is 0 Å². The van der Waals surface area contributed by atoms with E-state index in [9.17, 15) is 4.79 Å². The van der Waals surface area contributed by atoms with Gasteiger partial charge in [-0.1, -0.05) is 81.4 Å². The molecule has 0 amide bonds. The Labute approximate surface area is 180 Å². The van der Waals surface area contributed by atoms with Crippen molar-refractivity contribution < 1.29 is 23.4 Å². The summed E-state index contributed by atoms with van der Waals surface area (Å²) in [5.41, 5.74) is 0. The van der Waals surface area contributed by atoms with Crippen LogP contribution >= 0.6 is 0 Å². The lowest BCUT2D eigenvalue weighted by atomic mass is 10.2. The Hall–Kier alpha value is -2.25. The van der Waals surface area contributed by atoms with Gasteiger partial charge in [-0.2, -0.15) is 0 Å². The third-order valence-corrected chi connectivity index (χ3v) is 9.93. The highest BCUT2D eigenvalue weighted by atomic mass is 28.4. The van der Waals surface area contributed by atoms with Crippen molar-refractivity contribution in [1.29, 1.82) is 0 Å². The first kappa shape index (κ1) is 24.0. The van der Waals surface area contributed by atoms with Gasteiger partial charge in [-0.3, -0.25) is 0 Å². The molecule has 2 rings (SSSR count). The maximum Gasteiger partial charge on any atom is 0.330 e. The van der Waals surface area contributed by atoms with Crippen molar-refractivity contribution in [2.75, 3.05) is 27.6 Å². The van der Waals surface area contributed by atoms with Gasteiger partial charge in [0, 0.05) is 13.2 Å². The molecule has 0 saturated carbocycles. The van der Waals surface area contributed by atoms with Gasteiger partial charge in [0.05, 0.1) is 13.7 Å². The lowest BCUT2D eigenvalue weighted by molar-refractivity contribution is -0.135. The number of benzene rings is 2. The molecular formula is C24H32O5Si. The Balaban J connectivity index is 2.46. The van der Waals surface area contributed by atoms with Crippen LogP contribution in [0.15, 0.2) is 72.8 Å². The van der Waals surface area contributed by atoms with Gasteiger partial charge in [-0.25, -0.2) is 4.79 Å². The molecule has 0 spiro atoms. The summed E-state index contributed by atoms with van der Waals surface area (Å²) in [6, 6.07) is 20.8. The summed E-state index contributed by atoms with van der Waals surface area (Å²) in [6.07, 6.45) is 2.56. The smallest absolute Gasteiger partial charge is 0.330 e. The maximum atomic E-state index is 11.6. The van der Waals surface area contributed by atoms with Gasteiger partial charge < -0.3 is 18.6 Å². The van der Waals surface area contributed by atoms with Gasteiger partial charge in [0.15, 0.2) is 0 Å². The molecule has 0 radical (unpaired) electrons. The van der Waals surface area contributed by atoms with Crippen LogP contribution in [0.2, 0.25) is 5.04 Å². The van der Waals surface area contributed by atoms with Crippen LogP contribution in [-0.2, 0) is 23.4 Å². The largest absolute Gasteiger partial charge is 0.466 e. The Morgan fingerprint density at radius 2 is 1.50 bits per heavy atom. The third kappa shape index (κ3) is 5.89. The molecule has 0 bridgehead atoms. The normalized spacial score (nSPS) is 13.4. The molecule has 162 valence electrons. The summed E-state index contributed by atoms with van der Waals surface area (Å²) >= 11 is 0. The van der Waals surface area contributed by atoms with Crippen molar-refractivity contribution in [3.63, 3.8) is 0 Å². The molecule has 5 nitrogen and oxygen atoms in total. The topological polar surface area (TPSA) is 54.0 Å². The second-order valence-electron chi connectivity index (χ2n) is 7.97. The SMILES string of the molecule is COCO[C@@H](/C=C/C(=O)OC)CO[Si](c1ccccc1)(c1ccccc1)C(C)(C)C. The first-order chi connectivity index (χ1) is 14.3. The molecule has 0 N–H and O–H groups in total. The highest BCUT2D eigenvalue weighted by Crippen LogP contribution is 2.36. The van der Waals surface area contributed by atoms with Crippen LogP contribution < -0.4 is 10.4 Å². The van der Waals surface area contributed by atoms with Crippen LogP contribution in [0.4, 0.5) is 0 Å². The average molecular weight is 429 g/mol. The van der Waals surface area contributed by atoms with E-state index in [1.54, 1.807) is 13.2 Å². The minimum atomic E-state index is -2.69. The molecule has 2 aromatic carbocycles. The van der Waals surface area contributed by atoms with Crippen LogP contribution in [0.5, 0.6) is 0 Å². The molecule has 1 atom stereocenters. The van der Waals surface area contributed by atoms with E-state index in [1.165, 1.54) is 23.6 Å². The highest BCUT2D eigenvalue weighted by molar-refractivity contribution is 6.99. The molecule has 0 heterocycles. The number of carbonyl (C=O) groups is 1. The molecule has 6 heteroatoms. The monoisotopic (exact) mass is 428 g/mol. The third-order valence-electron chi connectivity index (χ3n) is 4.93. The predicted octanol–water partition coefficient (Wildman–Crippen LogP) is 3.28. The van der Waals surface area contributed by atoms with Crippen molar-refractivity contribution in [2.45, 2.75) is 31.9 Å². The van der Waals surface area contributed by atoms with Gasteiger partial charge in [0.25, 0.3) is 8.32 Å². The summed E-state index contributed by atoms with van der Waals surface area (Å²) < 4.78 is 22.3. The standard InChI is InChI=1S/C24H32O5Si/c1-24(2,3)30(21-12-8-6-9-13-21,22-14-10-7-11-15-22)29-18-20(28-19-26-4)16-17-23(25)27-5/h6-17,20H,18-19H2,1-5H3/b17-16+/t20-/m0/s1. The number of carbonyl (C=O) groups excluding carboxylic acids is 1. The number of methoxy groups -OCH3 is 2. The van der Waals surface area contributed by atoms with E-state index >= 15 is 0 Å². The molecular weight excluding hydrogens is 396 g/mol. The van der Waals surface area contributed by atoms with Gasteiger partial charge in [0.2, 0.25) is 0 Å². The fraction of sp³-hybridized carbons (Fsp3) is 0.375. The molecule has 0 aromatic heterocycles. The van der Waals surface area contributed by atoms with Crippen molar-refractivity contribution >= 4 is 24.7 Å². The molecule has 0 aliphatic carbocycles. The van der Waals surface area contributed by atoms with E-state index in [4.69, 9.17) is 18.6 Å². The van der Waals surface area contributed by atoms with E-state index < -0.39 is 20.4 Å². The Bertz CT molecular complexity index is 760.